The van der Waals surface area contributed by atoms with Crippen molar-refractivity contribution in [3.63, 3.8) is 0 Å². The maximum atomic E-state index is 13.0. The zero-order valence-corrected chi connectivity index (χ0v) is 15.3. The number of fused-ring (bicyclic) bond motifs is 1. The minimum atomic E-state index is -0.560. The summed E-state index contributed by atoms with van der Waals surface area (Å²) in [6.07, 6.45) is 1.53. The molecule has 0 fully saturated rings. The van der Waals surface area contributed by atoms with E-state index in [1.165, 1.54) is 43.5 Å². The molecule has 0 unspecified atom stereocenters. The summed E-state index contributed by atoms with van der Waals surface area (Å²) < 4.78 is 29.1. The van der Waals surface area contributed by atoms with Crippen molar-refractivity contribution in [1.82, 2.24) is 0 Å². The van der Waals surface area contributed by atoms with Crippen molar-refractivity contribution in [2.45, 2.75) is 0 Å². The first kappa shape index (κ1) is 18.4. The van der Waals surface area contributed by atoms with E-state index in [1.54, 1.807) is 36.4 Å². The van der Waals surface area contributed by atoms with Crippen molar-refractivity contribution < 1.29 is 28.2 Å². The molecule has 0 radical (unpaired) electrons. The Balaban J connectivity index is 1.54. The fraction of sp³-hybridized carbons (Fsp3) is 0.0435. The van der Waals surface area contributed by atoms with Gasteiger partial charge in [-0.1, -0.05) is 18.2 Å². The van der Waals surface area contributed by atoms with Crippen LogP contribution in [0.5, 0.6) is 17.2 Å². The summed E-state index contributed by atoms with van der Waals surface area (Å²) in [5.41, 5.74) is 1.32. The first-order valence-electron chi connectivity index (χ1n) is 8.73. The number of hydrogen-bond acceptors (Lipinski definition) is 5. The van der Waals surface area contributed by atoms with Gasteiger partial charge in [-0.2, -0.15) is 0 Å². The van der Waals surface area contributed by atoms with Gasteiger partial charge in [0.15, 0.2) is 5.76 Å². The van der Waals surface area contributed by atoms with Gasteiger partial charge in [0.2, 0.25) is 5.78 Å². The molecule has 0 bridgehead atoms. The zero-order valence-electron chi connectivity index (χ0n) is 15.3. The molecule has 4 rings (SSSR count). The maximum Gasteiger partial charge on any atom is 0.343 e. The quantitative estimate of drug-likeness (QED) is 0.368. The van der Waals surface area contributed by atoms with E-state index in [-0.39, 0.29) is 23.1 Å². The first-order valence-corrected chi connectivity index (χ1v) is 8.73. The maximum absolute atomic E-state index is 13.0. The highest BCUT2D eigenvalue weighted by atomic mass is 19.1. The molecule has 1 heterocycles. The van der Waals surface area contributed by atoms with Gasteiger partial charge in [-0.3, -0.25) is 4.79 Å². The van der Waals surface area contributed by atoms with Gasteiger partial charge in [0.1, 0.15) is 23.1 Å². The number of carbonyl (C=O) groups excluding carboxylic acids is 2. The molecule has 144 valence electrons. The van der Waals surface area contributed by atoms with E-state index >= 15 is 0 Å². The number of benzene rings is 3. The van der Waals surface area contributed by atoms with Crippen LogP contribution in [0.2, 0.25) is 0 Å². The van der Waals surface area contributed by atoms with Crippen molar-refractivity contribution in [1.29, 1.82) is 0 Å². The monoisotopic (exact) mass is 390 g/mol. The van der Waals surface area contributed by atoms with E-state index in [9.17, 15) is 14.0 Å². The molecule has 0 spiro atoms. The number of ether oxygens (including phenoxy) is 3. The van der Waals surface area contributed by atoms with Crippen LogP contribution in [0.3, 0.4) is 0 Å². The van der Waals surface area contributed by atoms with Gasteiger partial charge in [0.25, 0.3) is 0 Å². The van der Waals surface area contributed by atoms with Crippen LogP contribution in [-0.4, -0.2) is 18.9 Å². The molecule has 1 aliphatic rings. The molecule has 6 heteroatoms. The van der Waals surface area contributed by atoms with Crippen molar-refractivity contribution in [3.8, 4) is 17.2 Å². The molecule has 29 heavy (non-hydrogen) atoms. The second kappa shape index (κ2) is 7.59. The van der Waals surface area contributed by atoms with E-state index in [2.05, 4.69) is 0 Å². The number of allylic oxidation sites excluding steroid dienone is 1. The smallest absolute Gasteiger partial charge is 0.343 e. The summed E-state index contributed by atoms with van der Waals surface area (Å²) in [5, 5.41) is 0. The molecular weight excluding hydrogens is 375 g/mol. The number of carbonyl (C=O) groups is 2. The highest BCUT2D eigenvalue weighted by Crippen LogP contribution is 2.35. The molecule has 0 N–H and O–H groups in total. The van der Waals surface area contributed by atoms with Gasteiger partial charge in [-0.05, 0) is 54.1 Å². The minimum Gasteiger partial charge on any atom is -0.497 e. The van der Waals surface area contributed by atoms with Gasteiger partial charge in [0.05, 0.1) is 18.2 Å². The Labute approximate surface area is 166 Å². The topological polar surface area (TPSA) is 61.8 Å². The average molecular weight is 390 g/mol. The van der Waals surface area contributed by atoms with Crippen LogP contribution < -0.4 is 14.2 Å². The molecule has 0 amide bonds. The Bertz CT molecular complexity index is 1130. The largest absolute Gasteiger partial charge is 0.497 e. The number of ketones is 1. The van der Waals surface area contributed by atoms with Gasteiger partial charge in [0, 0.05) is 6.07 Å². The lowest BCUT2D eigenvalue weighted by Crippen LogP contribution is -2.08. The predicted molar refractivity (Wildman–Crippen MR) is 104 cm³/mol. The summed E-state index contributed by atoms with van der Waals surface area (Å²) in [6, 6.07) is 16.8. The fourth-order valence-electron chi connectivity index (χ4n) is 2.86. The molecule has 1 aliphatic heterocycles. The second-order valence-corrected chi connectivity index (χ2v) is 6.27. The molecule has 0 saturated carbocycles. The number of halogens is 1. The molecular formula is C23H15FO5. The third kappa shape index (κ3) is 3.87. The lowest BCUT2D eigenvalue weighted by molar-refractivity contribution is 0.0734. The van der Waals surface area contributed by atoms with Crippen LogP contribution in [0, 0.1) is 5.82 Å². The third-order valence-electron chi connectivity index (χ3n) is 4.33. The lowest BCUT2D eigenvalue weighted by atomic mass is 10.1. The third-order valence-corrected chi connectivity index (χ3v) is 4.33. The van der Waals surface area contributed by atoms with Crippen molar-refractivity contribution >= 4 is 17.8 Å². The Morgan fingerprint density at radius 3 is 2.55 bits per heavy atom. The summed E-state index contributed by atoms with van der Waals surface area (Å²) in [7, 11) is 1.51. The normalized spacial score (nSPS) is 13.7. The molecule has 3 aromatic rings. The zero-order chi connectivity index (χ0) is 20.4. The molecule has 0 atom stereocenters. The number of esters is 1. The molecule has 0 saturated heterocycles. The molecule has 5 nitrogen and oxygen atoms in total. The van der Waals surface area contributed by atoms with Crippen molar-refractivity contribution in [2.75, 3.05) is 7.11 Å². The summed E-state index contributed by atoms with van der Waals surface area (Å²) in [6.45, 7) is 0. The average Bonchev–Trinajstić information content (AvgIpc) is 3.04. The predicted octanol–water partition coefficient (Wildman–Crippen LogP) is 4.67. The van der Waals surface area contributed by atoms with E-state index in [0.29, 0.717) is 28.2 Å². The van der Waals surface area contributed by atoms with E-state index < -0.39 is 5.97 Å². The molecule has 3 aromatic carbocycles. The van der Waals surface area contributed by atoms with Crippen LogP contribution in [-0.2, 0) is 0 Å². The molecule has 0 aromatic heterocycles. The van der Waals surface area contributed by atoms with Crippen LogP contribution >= 0.6 is 0 Å². The number of hydrogen-bond donors (Lipinski definition) is 0. The van der Waals surface area contributed by atoms with Crippen molar-refractivity contribution in [2.24, 2.45) is 0 Å². The Kier molecular flexibility index (Phi) is 4.83. The van der Waals surface area contributed by atoms with Crippen LogP contribution in [0.4, 0.5) is 4.39 Å². The Morgan fingerprint density at radius 1 is 1.00 bits per heavy atom. The second-order valence-electron chi connectivity index (χ2n) is 6.27. The Hall–Kier alpha value is -3.93. The standard InChI is InChI=1S/C23H15FO5/c1-27-17-4-2-3-15(12-17)23(26)28-18-9-10-19-20(13-18)29-21(22(19)25)11-14-5-7-16(24)8-6-14/h2-13H,1H3/b21-11-. The number of rotatable bonds is 4. The summed E-state index contributed by atoms with van der Waals surface area (Å²) in [4.78, 5) is 24.9. The SMILES string of the molecule is COc1cccc(C(=O)Oc2ccc3c(c2)O/C(=C\c2ccc(F)cc2)C3=O)c1. The number of methoxy groups -OCH3 is 1. The van der Waals surface area contributed by atoms with Crippen LogP contribution in [0.25, 0.3) is 6.08 Å². The fourth-order valence-corrected chi connectivity index (χ4v) is 2.86. The van der Waals surface area contributed by atoms with Gasteiger partial charge in [-0.15, -0.1) is 0 Å². The van der Waals surface area contributed by atoms with E-state index in [4.69, 9.17) is 14.2 Å². The first-order chi connectivity index (χ1) is 14.0. The highest BCUT2D eigenvalue weighted by Gasteiger charge is 2.28. The number of Topliss-reactive ketones (excluding diaryl/α,β-unsaturated/α-hetero) is 1. The minimum absolute atomic E-state index is 0.114. The molecule has 0 aliphatic carbocycles. The van der Waals surface area contributed by atoms with E-state index in [1.807, 2.05) is 0 Å². The summed E-state index contributed by atoms with van der Waals surface area (Å²) in [5.74, 6) is -0.0330. The summed E-state index contributed by atoms with van der Waals surface area (Å²) >= 11 is 0. The van der Waals surface area contributed by atoms with Crippen molar-refractivity contribution in [3.05, 3.63) is 95.0 Å². The van der Waals surface area contributed by atoms with Crippen LogP contribution in [0.1, 0.15) is 26.3 Å². The highest BCUT2D eigenvalue weighted by molar-refractivity contribution is 6.14. The van der Waals surface area contributed by atoms with E-state index in [0.717, 1.165) is 0 Å². The van der Waals surface area contributed by atoms with Gasteiger partial charge < -0.3 is 14.2 Å². The Morgan fingerprint density at radius 2 is 1.79 bits per heavy atom. The van der Waals surface area contributed by atoms with Gasteiger partial charge in [-0.25, -0.2) is 9.18 Å². The van der Waals surface area contributed by atoms with Crippen LogP contribution in [0.15, 0.2) is 72.5 Å². The van der Waals surface area contributed by atoms with Gasteiger partial charge >= 0.3 is 5.97 Å². The lowest BCUT2D eigenvalue weighted by Gasteiger charge is -2.07.